The third kappa shape index (κ3) is 3.61. The summed E-state index contributed by atoms with van der Waals surface area (Å²) in [5.74, 6) is -0.163. The SMILES string of the molecule is CNC(CN(C)C)c1cc(C)cc(F)c1. The Morgan fingerprint density at radius 1 is 1.33 bits per heavy atom. The van der Waals surface area contributed by atoms with Crippen molar-refractivity contribution in [3.63, 3.8) is 0 Å². The molecule has 0 aliphatic heterocycles. The Balaban J connectivity index is 2.91. The van der Waals surface area contributed by atoms with E-state index >= 15 is 0 Å². The molecule has 0 radical (unpaired) electrons. The molecule has 0 aliphatic rings. The fraction of sp³-hybridized carbons (Fsp3) is 0.500. The van der Waals surface area contributed by atoms with Crippen molar-refractivity contribution < 1.29 is 4.39 Å². The van der Waals surface area contributed by atoms with Crippen LogP contribution in [0.15, 0.2) is 18.2 Å². The number of nitrogens with zero attached hydrogens (tertiary/aromatic N) is 1. The minimum absolute atomic E-state index is 0.163. The standard InChI is InChI=1S/C12H19FN2/c1-9-5-10(7-11(13)6-9)12(14-2)8-15(3)4/h5-7,12,14H,8H2,1-4H3. The van der Waals surface area contributed by atoms with Crippen molar-refractivity contribution >= 4 is 0 Å². The third-order valence-corrected chi connectivity index (χ3v) is 2.36. The summed E-state index contributed by atoms with van der Waals surface area (Å²) >= 11 is 0. The zero-order valence-electron chi connectivity index (χ0n) is 9.84. The monoisotopic (exact) mass is 210 g/mol. The van der Waals surface area contributed by atoms with Crippen molar-refractivity contribution in [2.45, 2.75) is 13.0 Å². The van der Waals surface area contributed by atoms with Crippen LogP contribution in [-0.2, 0) is 0 Å². The van der Waals surface area contributed by atoms with Gasteiger partial charge in [-0.05, 0) is 51.3 Å². The molecule has 1 aromatic rings. The van der Waals surface area contributed by atoms with E-state index in [9.17, 15) is 4.39 Å². The van der Waals surface area contributed by atoms with Gasteiger partial charge in [0.05, 0.1) is 0 Å². The molecule has 1 aromatic carbocycles. The fourth-order valence-corrected chi connectivity index (χ4v) is 1.69. The van der Waals surface area contributed by atoms with Gasteiger partial charge in [-0.2, -0.15) is 0 Å². The Labute approximate surface area is 91.1 Å². The fourth-order valence-electron chi connectivity index (χ4n) is 1.69. The van der Waals surface area contributed by atoms with E-state index in [0.717, 1.165) is 17.7 Å². The number of hydrogen-bond donors (Lipinski definition) is 1. The average Bonchev–Trinajstić information content (AvgIpc) is 2.12. The van der Waals surface area contributed by atoms with E-state index < -0.39 is 0 Å². The smallest absolute Gasteiger partial charge is 0.123 e. The van der Waals surface area contributed by atoms with Gasteiger partial charge in [-0.1, -0.05) is 6.07 Å². The first-order valence-corrected chi connectivity index (χ1v) is 5.12. The molecule has 0 saturated heterocycles. The highest BCUT2D eigenvalue weighted by atomic mass is 19.1. The number of nitrogens with one attached hydrogen (secondary N) is 1. The third-order valence-electron chi connectivity index (χ3n) is 2.36. The van der Waals surface area contributed by atoms with Crippen LogP contribution < -0.4 is 5.32 Å². The molecule has 0 fully saturated rings. The van der Waals surface area contributed by atoms with Gasteiger partial charge in [-0.25, -0.2) is 4.39 Å². The zero-order chi connectivity index (χ0) is 11.4. The molecule has 3 heteroatoms. The molecule has 1 atom stereocenters. The highest BCUT2D eigenvalue weighted by Gasteiger charge is 2.11. The van der Waals surface area contributed by atoms with Gasteiger partial charge in [0.1, 0.15) is 5.82 Å². The van der Waals surface area contributed by atoms with Gasteiger partial charge in [-0.3, -0.25) is 0 Å². The number of rotatable bonds is 4. The molecule has 1 rings (SSSR count). The van der Waals surface area contributed by atoms with E-state index in [1.807, 2.05) is 34.1 Å². The van der Waals surface area contributed by atoms with Crippen molar-refractivity contribution in [3.05, 3.63) is 35.1 Å². The van der Waals surface area contributed by atoms with Crippen LogP contribution in [0.25, 0.3) is 0 Å². The molecule has 0 saturated carbocycles. The van der Waals surface area contributed by atoms with Crippen LogP contribution in [0.2, 0.25) is 0 Å². The predicted octanol–water partition coefficient (Wildman–Crippen LogP) is 1.96. The first-order valence-electron chi connectivity index (χ1n) is 5.12. The van der Waals surface area contributed by atoms with Crippen LogP contribution >= 0.6 is 0 Å². The number of benzene rings is 1. The quantitative estimate of drug-likeness (QED) is 0.817. The van der Waals surface area contributed by atoms with Gasteiger partial charge < -0.3 is 10.2 Å². The lowest BCUT2D eigenvalue weighted by atomic mass is 10.0. The second kappa shape index (κ2) is 5.24. The summed E-state index contributed by atoms with van der Waals surface area (Å²) in [6.07, 6.45) is 0. The van der Waals surface area contributed by atoms with E-state index in [1.165, 1.54) is 0 Å². The molecule has 0 bridgehead atoms. The van der Waals surface area contributed by atoms with Gasteiger partial charge in [0, 0.05) is 12.6 Å². The van der Waals surface area contributed by atoms with Gasteiger partial charge in [-0.15, -0.1) is 0 Å². The van der Waals surface area contributed by atoms with Crippen LogP contribution in [0.3, 0.4) is 0 Å². The van der Waals surface area contributed by atoms with Crippen molar-refractivity contribution in [1.29, 1.82) is 0 Å². The molecule has 0 aliphatic carbocycles. The second-order valence-electron chi connectivity index (χ2n) is 4.17. The highest BCUT2D eigenvalue weighted by Crippen LogP contribution is 2.16. The van der Waals surface area contributed by atoms with Gasteiger partial charge >= 0.3 is 0 Å². The molecule has 0 aromatic heterocycles. The van der Waals surface area contributed by atoms with Crippen molar-refractivity contribution in [3.8, 4) is 0 Å². The zero-order valence-corrected chi connectivity index (χ0v) is 9.84. The molecule has 0 heterocycles. The van der Waals surface area contributed by atoms with Crippen LogP contribution in [0.1, 0.15) is 17.2 Å². The van der Waals surface area contributed by atoms with Crippen molar-refractivity contribution in [2.75, 3.05) is 27.7 Å². The van der Waals surface area contributed by atoms with E-state index in [4.69, 9.17) is 0 Å². The Bertz CT molecular complexity index is 303. The molecule has 15 heavy (non-hydrogen) atoms. The summed E-state index contributed by atoms with van der Waals surface area (Å²) < 4.78 is 13.2. The first kappa shape index (κ1) is 12.1. The number of likely N-dealkylation sites (N-methyl/N-ethyl adjacent to an activating group) is 2. The van der Waals surface area contributed by atoms with Crippen LogP contribution in [0.4, 0.5) is 4.39 Å². The number of aryl methyl sites for hydroxylation is 1. The minimum atomic E-state index is -0.163. The van der Waals surface area contributed by atoms with Crippen molar-refractivity contribution in [2.24, 2.45) is 0 Å². The Hall–Kier alpha value is -0.930. The maximum absolute atomic E-state index is 13.2. The van der Waals surface area contributed by atoms with Gasteiger partial charge in [0.2, 0.25) is 0 Å². The maximum atomic E-state index is 13.2. The molecule has 84 valence electrons. The number of halogens is 1. The lowest BCUT2D eigenvalue weighted by molar-refractivity contribution is 0.352. The topological polar surface area (TPSA) is 15.3 Å². The predicted molar refractivity (Wildman–Crippen MR) is 61.5 cm³/mol. The average molecular weight is 210 g/mol. The largest absolute Gasteiger partial charge is 0.312 e. The summed E-state index contributed by atoms with van der Waals surface area (Å²) in [5.41, 5.74) is 1.97. The summed E-state index contributed by atoms with van der Waals surface area (Å²) in [6, 6.07) is 5.34. The van der Waals surface area contributed by atoms with E-state index in [1.54, 1.807) is 12.1 Å². The normalized spacial score (nSPS) is 13.2. The second-order valence-corrected chi connectivity index (χ2v) is 4.17. The van der Waals surface area contributed by atoms with E-state index in [2.05, 4.69) is 10.2 Å². The maximum Gasteiger partial charge on any atom is 0.123 e. The lowest BCUT2D eigenvalue weighted by Gasteiger charge is -2.21. The van der Waals surface area contributed by atoms with Crippen molar-refractivity contribution in [1.82, 2.24) is 10.2 Å². The molecular weight excluding hydrogens is 191 g/mol. The van der Waals surface area contributed by atoms with Crippen LogP contribution in [0.5, 0.6) is 0 Å². The summed E-state index contributed by atoms with van der Waals surface area (Å²) in [4.78, 5) is 2.08. The summed E-state index contributed by atoms with van der Waals surface area (Å²) in [5, 5.41) is 3.20. The molecule has 1 N–H and O–H groups in total. The molecule has 0 amide bonds. The Kier molecular flexibility index (Phi) is 4.24. The van der Waals surface area contributed by atoms with Crippen LogP contribution in [-0.4, -0.2) is 32.6 Å². The van der Waals surface area contributed by atoms with E-state index in [-0.39, 0.29) is 11.9 Å². The summed E-state index contributed by atoms with van der Waals surface area (Å²) in [6.45, 7) is 2.77. The van der Waals surface area contributed by atoms with Crippen LogP contribution in [0, 0.1) is 12.7 Å². The molecular formula is C12H19FN2. The highest BCUT2D eigenvalue weighted by molar-refractivity contribution is 5.26. The number of hydrogen-bond acceptors (Lipinski definition) is 2. The lowest BCUT2D eigenvalue weighted by Crippen LogP contribution is -2.28. The van der Waals surface area contributed by atoms with Gasteiger partial charge in [0.25, 0.3) is 0 Å². The minimum Gasteiger partial charge on any atom is -0.312 e. The Morgan fingerprint density at radius 2 is 2.00 bits per heavy atom. The molecule has 2 nitrogen and oxygen atoms in total. The Morgan fingerprint density at radius 3 is 2.47 bits per heavy atom. The van der Waals surface area contributed by atoms with E-state index in [0.29, 0.717) is 0 Å². The first-order chi connectivity index (χ1) is 7.02. The molecule has 0 spiro atoms. The van der Waals surface area contributed by atoms with Gasteiger partial charge in [0.15, 0.2) is 0 Å². The summed E-state index contributed by atoms with van der Waals surface area (Å²) in [7, 11) is 5.92. The molecule has 1 unspecified atom stereocenters.